The Balaban J connectivity index is 1.29. The quantitative estimate of drug-likeness (QED) is 0.389. The van der Waals surface area contributed by atoms with Crippen molar-refractivity contribution in [2.45, 2.75) is 33.3 Å². The lowest BCUT2D eigenvalue weighted by Gasteiger charge is -2.35. The minimum atomic E-state index is -0.664. The number of amides is 2. The molecule has 9 nitrogen and oxygen atoms in total. The molecule has 2 aromatic carbocycles. The second-order valence-corrected chi connectivity index (χ2v) is 12.0. The first kappa shape index (κ1) is 28.6. The number of aromatic nitrogens is 1. The van der Waals surface area contributed by atoms with Gasteiger partial charge < -0.3 is 25.0 Å². The summed E-state index contributed by atoms with van der Waals surface area (Å²) in [6, 6.07) is 11.5. The Morgan fingerprint density at radius 3 is 2.51 bits per heavy atom. The molecule has 216 valence electrons. The molecule has 1 aliphatic carbocycles. The molecular formula is C31H36N4O5S. The molecule has 2 N–H and O–H groups in total. The molecule has 2 amide bonds. The number of aryl methyl sites for hydroxylation is 2. The Kier molecular flexibility index (Phi) is 8.30. The van der Waals surface area contributed by atoms with Gasteiger partial charge in [-0.2, -0.15) is 0 Å². The lowest BCUT2D eigenvalue weighted by atomic mass is 9.85. The van der Waals surface area contributed by atoms with Gasteiger partial charge in [-0.15, -0.1) is 11.3 Å². The van der Waals surface area contributed by atoms with Crippen LogP contribution in [-0.2, 0) is 16.2 Å². The minimum Gasteiger partial charge on any atom is -0.488 e. The molecule has 2 bridgehead atoms. The number of carbonyl (C=O) groups excluding carboxylic acids is 2. The number of benzene rings is 2. The number of hydrogen-bond donors (Lipinski definition) is 2. The molecule has 1 aromatic heterocycles. The molecule has 1 saturated heterocycles. The number of anilines is 1. The topological polar surface area (TPSA) is 112 Å². The van der Waals surface area contributed by atoms with Crippen LogP contribution in [0.15, 0.2) is 41.8 Å². The van der Waals surface area contributed by atoms with Gasteiger partial charge in [0.2, 0.25) is 5.91 Å². The van der Waals surface area contributed by atoms with Gasteiger partial charge in [0.15, 0.2) is 5.13 Å². The summed E-state index contributed by atoms with van der Waals surface area (Å²) in [5.74, 6) is -0.259. The summed E-state index contributed by atoms with van der Waals surface area (Å²) in [6.45, 7) is 5.77. The first-order chi connectivity index (χ1) is 19.6. The maximum absolute atomic E-state index is 12.8. The molecule has 2 unspecified atom stereocenters. The number of hydrogen-bond acceptors (Lipinski definition) is 7. The van der Waals surface area contributed by atoms with Crippen molar-refractivity contribution in [1.29, 1.82) is 0 Å². The second kappa shape index (κ2) is 11.9. The van der Waals surface area contributed by atoms with Crippen LogP contribution in [0.1, 0.15) is 39.9 Å². The molecule has 3 aromatic rings. The van der Waals surface area contributed by atoms with E-state index in [-0.39, 0.29) is 36.1 Å². The number of ether oxygens (including phenoxy) is 1. The van der Waals surface area contributed by atoms with E-state index in [0.717, 1.165) is 64.8 Å². The number of nitrogens with one attached hydrogen (secondary N) is 1. The van der Waals surface area contributed by atoms with E-state index in [0.29, 0.717) is 12.2 Å². The smallest absolute Gasteiger partial charge is 0.307 e. The zero-order valence-corrected chi connectivity index (χ0v) is 24.7. The minimum absolute atomic E-state index is 0.00441. The third-order valence-corrected chi connectivity index (χ3v) is 9.17. The maximum atomic E-state index is 12.8. The highest BCUT2D eigenvalue weighted by Gasteiger charge is 2.46. The van der Waals surface area contributed by atoms with Crippen LogP contribution in [-0.4, -0.2) is 66.5 Å². The van der Waals surface area contributed by atoms with Gasteiger partial charge in [-0.05, 0) is 73.9 Å². The number of carboxylic acid groups (broad SMARTS) is 1. The predicted octanol–water partition coefficient (Wildman–Crippen LogP) is 4.37. The number of fused-ring (bicyclic) bond motifs is 2. The summed E-state index contributed by atoms with van der Waals surface area (Å²) in [6.07, 6.45) is 1.93. The van der Waals surface area contributed by atoms with Gasteiger partial charge >= 0.3 is 5.97 Å². The van der Waals surface area contributed by atoms with Crippen LogP contribution in [0, 0.1) is 31.6 Å². The second-order valence-electron chi connectivity index (χ2n) is 11.1. The van der Waals surface area contributed by atoms with E-state index >= 15 is 0 Å². The van der Waals surface area contributed by atoms with Gasteiger partial charge in [0.05, 0.1) is 18.2 Å². The van der Waals surface area contributed by atoms with Gasteiger partial charge in [-0.3, -0.25) is 14.4 Å². The van der Waals surface area contributed by atoms with Crippen LogP contribution in [0.2, 0.25) is 0 Å². The molecule has 41 heavy (non-hydrogen) atoms. The Morgan fingerprint density at radius 2 is 1.85 bits per heavy atom. The van der Waals surface area contributed by atoms with Gasteiger partial charge in [-0.1, -0.05) is 17.7 Å². The summed E-state index contributed by atoms with van der Waals surface area (Å²) >= 11 is 1.59. The van der Waals surface area contributed by atoms with Crippen molar-refractivity contribution in [3.8, 4) is 17.0 Å². The highest BCUT2D eigenvalue weighted by Crippen LogP contribution is 2.44. The average molecular weight is 577 g/mol. The number of aliphatic carboxylic acids is 1. The van der Waals surface area contributed by atoms with E-state index in [9.17, 15) is 19.5 Å². The summed E-state index contributed by atoms with van der Waals surface area (Å²) in [5.41, 5.74) is 5.25. The van der Waals surface area contributed by atoms with Crippen molar-refractivity contribution < 1.29 is 24.2 Å². The van der Waals surface area contributed by atoms with Crippen molar-refractivity contribution in [3.63, 3.8) is 0 Å². The number of rotatable bonds is 9. The zero-order chi connectivity index (χ0) is 29.3. The SMILES string of the molecule is CNC(=O)CN(C)C(=O)c1ccc(COc2ccc(C)cc2-c2csc(N3CC4CC[C@@H](C3)C4C(=O)O)n2)c(C)c1. The lowest BCUT2D eigenvalue weighted by Crippen LogP contribution is -2.44. The molecule has 5 rings (SSSR count). The van der Waals surface area contributed by atoms with E-state index < -0.39 is 5.97 Å². The Labute approximate surface area is 244 Å². The highest BCUT2D eigenvalue weighted by molar-refractivity contribution is 7.14. The van der Waals surface area contributed by atoms with Crippen LogP contribution in [0.25, 0.3) is 11.3 Å². The van der Waals surface area contributed by atoms with E-state index in [1.54, 1.807) is 31.5 Å². The Hall–Kier alpha value is -3.92. The standard InChI is InChI=1S/C31H36N4O5S/c1-18-5-10-26(40-16-23-9-6-20(12-19(23)2)29(37)34(4)15-27(36)32-3)24(11-18)25-17-41-31(33-25)35-13-21-7-8-22(14-35)28(21)30(38)39/h5-6,9-12,17,21-22,28H,7-8,13-16H2,1-4H3,(H,32,36)(H,38,39)/t21-,22?,28?/m0/s1. The number of likely N-dealkylation sites (N-methyl/N-ethyl adjacent to an activating group) is 2. The molecule has 2 aliphatic rings. The first-order valence-electron chi connectivity index (χ1n) is 13.9. The van der Waals surface area contributed by atoms with E-state index in [1.165, 1.54) is 4.90 Å². The Morgan fingerprint density at radius 1 is 1.12 bits per heavy atom. The molecular weight excluding hydrogens is 540 g/mol. The summed E-state index contributed by atoms with van der Waals surface area (Å²) < 4.78 is 6.31. The molecule has 2 fully saturated rings. The molecule has 0 radical (unpaired) electrons. The highest BCUT2D eigenvalue weighted by atomic mass is 32.1. The zero-order valence-electron chi connectivity index (χ0n) is 23.8. The molecule has 0 spiro atoms. The van der Waals surface area contributed by atoms with Gasteiger partial charge in [0.1, 0.15) is 12.4 Å². The first-order valence-corrected chi connectivity index (χ1v) is 14.7. The van der Waals surface area contributed by atoms with E-state index in [1.807, 2.05) is 43.5 Å². The fraction of sp³-hybridized carbons (Fsp3) is 0.419. The van der Waals surface area contributed by atoms with Crippen LogP contribution < -0.4 is 15.0 Å². The number of piperidine rings is 1. The van der Waals surface area contributed by atoms with Crippen LogP contribution in [0.3, 0.4) is 0 Å². The number of thiazole rings is 1. The summed E-state index contributed by atoms with van der Waals surface area (Å²) in [7, 11) is 3.15. The van der Waals surface area contributed by atoms with Crippen LogP contribution in [0.4, 0.5) is 5.13 Å². The summed E-state index contributed by atoms with van der Waals surface area (Å²) in [5, 5.41) is 15.2. The van der Waals surface area contributed by atoms with E-state index in [4.69, 9.17) is 9.72 Å². The van der Waals surface area contributed by atoms with E-state index in [2.05, 4.69) is 16.3 Å². The van der Waals surface area contributed by atoms with Crippen LogP contribution in [0.5, 0.6) is 5.75 Å². The normalized spacial score (nSPS) is 19.6. The lowest BCUT2D eigenvalue weighted by molar-refractivity contribution is -0.144. The molecule has 3 atom stereocenters. The van der Waals surface area contributed by atoms with Gasteiger partial charge in [0.25, 0.3) is 5.91 Å². The monoisotopic (exact) mass is 576 g/mol. The predicted molar refractivity (Wildman–Crippen MR) is 158 cm³/mol. The van der Waals surface area contributed by atoms with Crippen molar-refractivity contribution in [2.75, 3.05) is 38.6 Å². The largest absolute Gasteiger partial charge is 0.488 e. The van der Waals surface area contributed by atoms with Crippen molar-refractivity contribution in [3.05, 3.63) is 64.0 Å². The fourth-order valence-corrected chi connectivity index (χ4v) is 6.86. The van der Waals surface area contributed by atoms with Gasteiger partial charge in [0, 0.05) is 43.7 Å². The van der Waals surface area contributed by atoms with Crippen molar-refractivity contribution in [2.24, 2.45) is 17.8 Å². The molecule has 1 saturated carbocycles. The van der Waals surface area contributed by atoms with Crippen molar-refractivity contribution >= 4 is 34.3 Å². The fourth-order valence-electron chi connectivity index (χ4n) is 6.02. The van der Waals surface area contributed by atoms with Crippen LogP contribution >= 0.6 is 11.3 Å². The van der Waals surface area contributed by atoms with Crippen molar-refractivity contribution in [1.82, 2.24) is 15.2 Å². The molecule has 2 heterocycles. The molecule has 1 aliphatic heterocycles. The maximum Gasteiger partial charge on any atom is 0.307 e. The molecule has 10 heteroatoms. The Bertz CT molecular complexity index is 1460. The average Bonchev–Trinajstić information content (AvgIpc) is 3.55. The number of nitrogens with zero attached hydrogens (tertiary/aromatic N) is 3. The third-order valence-electron chi connectivity index (χ3n) is 8.27. The third kappa shape index (κ3) is 6.07. The number of carboxylic acids is 1. The van der Waals surface area contributed by atoms with Gasteiger partial charge in [-0.25, -0.2) is 4.98 Å². The summed E-state index contributed by atoms with van der Waals surface area (Å²) in [4.78, 5) is 44.8. The number of carbonyl (C=O) groups is 3.